The molecule has 1 aliphatic carbocycles. The van der Waals surface area contributed by atoms with E-state index in [-0.39, 0.29) is 4.90 Å². The molecule has 2 fully saturated rings. The monoisotopic (exact) mass is 531 g/mol. The molecular formula is C28H33N7O2S. The summed E-state index contributed by atoms with van der Waals surface area (Å²) in [5, 5.41) is 8.32. The lowest BCUT2D eigenvalue weighted by Gasteiger charge is -2.28. The molecule has 0 bridgehead atoms. The number of rotatable bonds is 9. The van der Waals surface area contributed by atoms with Crippen molar-refractivity contribution in [2.45, 2.75) is 49.3 Å². The molecule has 0 radical (unpaired) electrons. The number of anilines is 3. The van der Waals surface area contributed by atoms with Crippen LogP contribution in [0.15, 0.2) is 65.7 Å². The van der Waals surface area contributed by atoms with Crippen LogP contribution in [0.2, 0.25) is 0 Å². The van der Waals surface area contributed by atoms with Crippen molar-refractivity contribution in [2.24, 2.45) is 0 Å². The molecule has 9 nitrogen and oxygen atoms in total. The van der Waals surface area contributed by atoms with E-state index in [1.807, 2.05) is 22.7 Å². The quantitative estimate of drug-likeness (QED) is 0.337. The second-order valence-corrected chi connectivity index (χ2v) is 12.3. The number of hydrogen-bond acceptors (Lipinski definition) is 7. The van der Waals surface area contributed by atoms with Crippen LogP contribution >= 0.6 is 0 Å². The van der Waals surface area contributed by atoms with Gasteiger partial charge in [-0.1, -0.05) is 6.07 Å². The summed E-state index contributed by atoms with van der Waals surface area (Å²) in [6.45, 7) is 2.37. The predicted octanol–water partition coefficient (Wildman–Crippen LogP) is 4.60. The Balaban J connectivity index is 1.22. The molecule has 1 saturated heterocycles. The zero-order chi connectivity index (χ0) is 26.1. The molecule has 38 heavy (non-hydrogen) atoms. The number of benzene rings is 1. The lowest BCUT2D eigenvalue weighted by Crippen LogP contribution is -2.30. The van der Waals surface area contributed by atoms with Crippen molar-refractivity contribution in [2.75, 3.05) is 36.9 Å². The van der Waals surface area contributed by atoms with Gasteiger partial charge in [-0.2, -0.15) is 9.61 Å². The summed E-state index contributed by atoms with van der Waals surface area (Å²) < 4.78 is 29.5. The molecule has 1 aromatic carbocycles. The number of nitrogens with zero attached hydrogens (tertiary/aromatic N) is 6. The van der Waals surface area contributed by atoms with Crippen molar-refractivity contribution < 1.29 is 8.42 Å². The molecule has 0 spiro atoms. The molecule has 0 amide bonds. The highest BCUT2D eigenvalue weighted by atomic mass is 32.2. The van der Waals surface area contributed by atoms with E-state index in [1.165, 1.54) is 36.4 Å². The summed E-state index contributed by atoms with van der Waals surface area (Å²) in [7, 11) is -2.00. The van der Waals surface area contributed by atoms with Gasteiger partial charge in [-0.15, -0.1) is 0 Å². The van der Waals surface area contributed by atoms with Gasteiger partial charge in [0, 0.05) is 68.7 Å². The van der Waals surface area contributed by atoms with Gasteiger partial charge in [0.25, 0.3) is 0 Å². The second-order valence-electron chi connectivity index (χ2n) is 10.2. The maximum absolute atomic E-state index is 13.1. The molecule has 4 heterocycles. The molecule has 1 N–H and O–H groups in total. The lowest BCUT2D eigenvalue weighted by molar-refractivity contribution is 0.471. The highest BCUT2D eigenvalue weighted by Crippen LogP contribution is 2.40. The van der Waals surface area contributed by atoms with Crippen molar-refractivity contribution in [1.29, 1.82) is 0 Å². The minimum atomic E-state index is -3.61. The summed E-state index contributed by atoms with van der Waals surface area (Å²) in [6, 6.07) is 16.7. The van der Waals surface area contributed by atoms with E-state index >= 15 is 0 Å². The SMILES string of the molecule is CN(CCc1ccccn1)S(=O)(=O)c1ccc(Nc2cc(N3CCCCC3)nc3cc(C4CC4)nn23)cc1. The van der Waals surface area contributed by atoms with Gasteiger partial charge in [0.2, 0.25) is 10.0 Å². The topological polar surface area (TPSA) is 95.7 Å². The van der Waals surface area contributed by atoms with Gasteiger partial charge in [0.15, 0.2) is 5.65 Å². The number of fused-ring (bicyclic) bond motifs is 1. The number of sulfonamides is 1. The number of aromatic nitrogens is 4. The Morgan fingerprint density at radius 1 is 1.03 bits per heavy atom. The van der Waals surface area contributed by atoms with Gasteiger partial charge >= 0.3 is 0 Å². The van der Waals surface area contributed by atoms with Gasteiger partial charge in [0.1, 0.15) is 11.6 Å². The number of nitrogens with one attached hydrogen (secondary N) is 1. The molecule has 10 heteroatoms. The number of piperidine rings is 1. The van der Waals surface area contributed by atoms with Crippen LogP contribution in [0.4, 0.5) is 17.3 Å². The Labute approximate surface area is 223 Å². The van der Waals surface area contributed by atoms with Gasteiger partial charge in [-0.25, -0.2) is 17.7 Å². The third kappa shape index (κ3) is 5.23. The van der Waals surface area contributed by atoms with Crippen LogP contribution in [0.1, 0.15) is 49.4 Å². The van der Waals surface area contributed by atoms with Crippen LogP contribution in [-0.2, 0) is 16.4 Å². The van der Waals surface area contributed by atoms with Crippen molar-refractivity contribution in [1.82, 2.24) is 23.9 Å². The predicted molar refractivity (Wildman–Crippen MR) is 149 cm³/mol. The standard InChI is InChI=1S/C28H33N7O2S/c1-33(18-14-22-7-3-4-15-29-22)38(36,37)24-12-10-23(11-13-24)30-28-20-26(34-16-5-2-6-17-34)31-27-19-25(21-8-9-21)32-35(27)28/h3-4,7,10-13,15,19-21,30H,2,5-6,8-9,14,16-18H2,1H3. The molecule has 1 aliphatic heterocycles. The molecule has 0 atom stereocenters. The van der Waals surface area contributed by atoms with Crippen molar-refractivity contribution in [3.63, 3.8) is 0 Å². The van der Waals surface area contributed by atoms with Gasteiger partial charge < -0.3 is 10.2 Å². The van der Waals surface area contributed by atoms with E-state index in [2.05, 4.69) is 27.3 Å². The first-order valence-corrected chi connectivity index (χ1v) is 14.8. The smallest absolute Gasteiger partial charge is 0.242 e. The maximum Gasteiger partial charge on any atom is 0.242 e. The van der Waals surface area contributed by atoms with Crippen LogP contribution < -0.4 is 10.2 Å². The first-order valence-electron chi connectivity index (χ1n) is 13.4. The fraction of sp³-hybridized carbons (Fsp3) is 0.393. The van der Waals surface area contributed by atoms with Crippen LogP contribution in [0.5, 0.6) is 0 Å². The Kier molecular flexibility index (Phi) is 6.75. The maximum atomic E-state index is 13.1. The van der Waals surface area contributed by atoms with Crippen molar-refractivity contribution >= 4 is 33.0 Å². The molecule has 0 unspecified atom stereocenters. The summed E-state index contributed by atoms with van der Waals surface area (Å²) in [6.07, 6.45) is 8.24. The van der Waals surface area contributed by atoms with Crippen molar-refractivity contribution in [3.8, 4) is 0 Å². The number of hydrogen-bond donors (Lipinski definition) is 1. The van der Waals surface area contributed by atoms with Crippen LogP contribution in [-0.4, -0.2) is 59.0 Å². The highest BCUT2D eigenvalue weighted by molar-refractivity contribution is 7.89. The Morgan fingerprint density at radius 2 is 1.82 bits per heavy atom. The molecule has 2 aliphatic rings. The Hall–Kier alpha value is -3.50. The van der Waals surface area contributed by atoms with Crippen LogP contribution in [0, 0.1) is 0 Å². The van der Waals surface area contributed by atoms with E-state index in [1.54, 1.807) is 37.5 Å². The molecule has 198 valence electrons. The summed E-state index contributed by atoms with van der Waals surface area (Å²) in [4.78, 5) is 11.8. The number of pyridine rings is 1. The largest absolute Gasteiger partial charge is 0.356 e. The second kappa shape index (κ2) is 10.3. The molecule has 1 saturated carbocycles. The Morgan fingerprint density at radius 3 is 2.53 bits per heavy atom. The first-order chi connectivity index (χ1) is 18.5. The fourth-order valence-electron chi connectivity index (χ4n) is 4.91. The van der Waals surface area contributed by atoms with E-state index in [0.29, 0.717) is 18.9 Å². The Bertz CT molecular complexity index is 1510. The zero-order valence-corrected chi connectivity index (χ0v) is 22.4. The van der Waals surface area contributed by atoms with Crippen molar-refractivity contribution in [3.05, 3.63) is 72.2 Å². The van der Waals surface area contributed by atoms with Gasteiger partial charge in [-0.3, -0.25) is 4.98 Å². The van der Waals surface area contributed by atoms with Gasteiger partial charge in [-0.05, 0) is 68.5 Å². The number of likely N-dealkylation sites (N-methyl/N-ethyl adjacent to an activating group) is 1. The summed E-state index contributed by atoms with van der Waals surface area (Å²) >= 11 is 0. The minimum Gasteiger partial charge on any atom is -0.356 e. The molecular weight excluding hydrogens is 498 g/mol. The van der Waals surface area contributed by atoms with E-state index < -0.39 is 10.0 Å². The third-order valence-corrected chi connectivity index (χ3v) is 9.22. The van der Waals surface area contributed by atoms with E-state index in [9.17, 15) is 8.42 Å². The zero-order valence-electron chi connectivity index (χ0n) is 21.6. The summed E-state index contributed by atoms with van der Waals surface area (Å²) in [5.74, 6) is 2.31. The van der Waals surface area contributed by atoms with E-state index in [4.69, 9.17) is 10.1 Å². The van der Waals surface area contributed by atoms with E-state index in [0.717, 1.165) is 47.4 Å². The first kappa shape index (κ1) is 24.8. The van der Waals surface area contributed by atoms with Gasteiger partial charge in [0.05, 0.1) is 10.6 Å². The molecule has 6 rings (SSSR count). The lowest BCUT2D eigenvalue weighted by atomic mass is 10.1. The molecule has 4 aromatic rings. The molecule has 3 aromatic heterocycles. The summed E-state index contributed by atoms with van der Waals surface area (Å²) in [5.41, 5.74) is 3.59. The highest BCUT2D eigenvalue weighted by Gasteiger charge is 2.27. The fourth-order valence-corrected chi connectivity index (χ4v) is 6.08. The third-order valence-electron chi connectivity index (χ3n) is 7.35. The minimum absolute atomic E-state index is 0.260. The normalized spacial score (nSPS) is 16.3. The van der Waals surface area contributed by atoms with Crippen LogP contribution in [0.25, 0.3) is 5.65 Å². The van der Waals surface area contributed by atoms with Crippen LogP contribution in [0.3, 0.4) is 0 Å². The average Bonchev–Trinajstić information content (AvgIpc) is 3.71. The average molecular weight is 532 g/mol.